The average molecular weight is 367 g/mol. The van der Waals surface area contributed by atoms with Crippen molar-refractivity contribution in [2.24, 2.45) is 0 Å². The molecule has 2 N–H and O–H groups in total. The maximum absolute atomic E-state index is 12.3. The number of rotatable bonds is 7. The smallest absolute Gasteiger partial charge is 0.228 e. The lowest BCUT2D eigenvalue weighted by Gasteiger charge is -2.23. The topological polar surface area (TPSA) is 50.4 Å². The lowest BCUT2D eigenvalue weighted by molar-refractivity contribution is -0.115. The highest BCUT2D eigenvalue weighted by Gasteiger charge is 2.13. The van der Waals surface area contributed by atoms with Crippen molar-refractivity contribution in [3.05, 3.63) is 54.1 Å². The van der Waals surface area contributed by atoms with Gasteiger partial charge in [-0.05, 0) is 68.7 Å². The van der Waals surface area contributed by atoms with E-state index in [0.29, 0.717) is 12.5 Å². The molecule has 0 aliphatic heterocycles. The summed E-state index contributed by atoms with van der Waals surface area (Å²) in [6.07, 6.45) is 6.93. The first-order valence-electron chi connectivity index (χ1n) is 10.0. The van der Waals surface area contributed by atoms with Crippen molar-refractivity contribution in [2.45, 2.75) is 64.5 Å². The van der Waals surface area contributed by atoms with Crippen LogP contribution in [-0.4, -0.2) is 18.1 Å². The minimum atomic E-state index is -0.0234. The predicted molar refractivity (Wildman–Crippen MR) is 111 cm³/mol. The molecule has 2 aromatic carbocycles. The molecule has 2 aromatic rings. The summed E-state index contributed by atoms with van der Waals surface area (Å²) in [5.41, 5.74) is 2.89. The van der Waals surface area contributed by atoms with Crippen LogP contribution in [0.3, 0.4) is 0 Å². The third kappa shape index (κ3) is 6.31. The van der Waals surface area contributed by atoms with Crippen LogP contribution in [0.5, 0.6) is 5.75 Å². The molecular weight excluding hydrogens is 336 g/mol. The first-order chi connectivity index (χ1) is 13.1. The van der Waals surface area contributed by atoms with Gasteiger partial charge in [0.15, 0.2) is 0 Å². The van der Waals surface area contributed by atoms with E-state index in [-0.39, 0.29) is 12.0 Å². The van der Waals surface area contributed by atoms with E-state index in [1.165, 1.54) is 32.1 Å². The zero-order valence-electron chi connectivity index (χ0n) is 16.3. The van der Waals surface area contributed by atoms with E-state index in [0.717, 1.165) is 22.7 Å². The van der Waals surface area contributed by atoms with Gasteiger partial charge in [-0.1, -0.05) is 31.4 Å². The van der Waals surface area contributed by atoms with Gasteiger partial charge in [0.2, 0.25) is 5.91 Å². The molecule has 27 heavy (non-hydrogen) atoms. The molecule has 0 saturated heterocycles. The summed E-state index contributed by atoms with van der Waals surface area (Å²) >= 11 is 0. The second kappa shape index (κ2) is 9.45. The zero-order chi connectivity index (χ0) is 19.1. The number of carbonyl (C=O) groups is 1. The summed E-state index contributed by atoms with van der Waals surface area (Å²) in [5.74, 6) is 0.776. The van der Waals surface area contributed by atoms with Crippen molar-refractivity contribution in [1.29, 1.82) is 0 Å². The fourth-order valence-corrected chi connectivity index (χ4v) is 3.52. The average Bonchev–Trinajstić information content (AvgIpc) is 2.64. The van der Waals surface area contributed by atoms with Crippen molar-refractivity contribution < 1.29 is 9.53 Å². The van der Waals surface area contributed by atoms with Crippen LogP contribution >= 0.6 is 0 Å². The van der Waals surface area contributed by atoms with Gasteiger partial charge in [0, 0.05) is 17.4 Å². The van der Waals surface area contributed by atoms with Crippen molar-refractivity contribution >= 4 is 17.3 Å². The van der Waals surface area contributed by atoms with Crippen LogP contribution in [0.2, 0.25) is 0 Å². The summed E-state index contributed by atoms with van der Waals surface area (Å²) in [6.45, 7) is 3.98. The quantitative estimate of drug-likeness (QED) is 0.690. The lowest BCUT2D eigenvalue weighted by atomic mass is 9.95. The normalized spacial score (nSPS) is 14.8. The van der Waals surface area contributed by atoms with Gasteiger partial charge in [0.05, 0.1) is 12.5 Å². The second-order valence-electron chi connectivity index (χ2n) is 7.60. The number of amides is 1. The van der Waals surface area contributed by atoms with Gasteiger partial charge in [0.25, 0.3) is 0 Å². The van der Waals surface area contributed by atoms with Crippen LogP contribution in [-0.2, 0) is 11.2 Å². The van der Waals surface area contributed by atoms with E-state index in [1.807, 2.05) is 62.4 Å². The predicted octanol–water partition coefficient (Wildman–Crippen LogP) is 5.40. The molecule has 1 aliphatic carbocycles. The molecule has 3 rings (SSSR count). The summed E-state index contributed by atoms with van der Waals surface area (Å²) in [7, 11) is 0. The van der Waals surface area contributed by atoms with Crippen molar-refractivity contribution in [1.82, 2.24) is 0 Å². The van der Waals surface area contributed by atoms with Gasteiger partial charge in [-0.25, -0.2) is 0 Å². The molecular formula is C23H30N2O2. The Balaban J connectivity index is 1.51. The SMILES string of the molecule is CC(C)Oc1cccc(CC(=O)Nc2ccc(NC3CCCCC3)cc2)c1. The van der Waals surface area contributed by atoms with Crippen LogP contribution in [0, 0.1) is 0 Å². The van der Waals surface area contributed by atoms with E-state index < -0.39 is 0 Å². The van der Waals surface area contributed by atoms with E-state index in [9.17, 15) is 4.79 Å². The molecule has 4 heteroatoms. The third-order valence-electron chi connectivity index (χ3n) is 4.78. The number of anilines is 2. The van der Waals surface area contributed by atoms with Crippen molar-refractivity contribution in [3.63, 3.8) is 0 Å². The Bertz CT molecular complexity index is 734. The Kier molecular flexibility index (Phi) is 6.74. The largest absolute Gasteiger partial charge is 0.491 e. The minimum absolute atomic E-state index is 0.0234. The number of benzene rings is 2. The molecule has 0 spiro atoms. The lowest BCUT2D eigenvalue weighted by Crippen LogP contribution is -2.22. The molecule has 1 fully saturated rings. The molecule has 0 radical (unpaired) electrons. The second-order valence-corrected chi connectivity index (χ2v) is 7.60. The number of ether oxygens (including phenoxy) is 1. The molecule has 0 aromatic heterocycles. The highest BCUT2D eigenvalue weighted by atomic mass is 16.5. The van der Waals surface area contributed by atoms with Gasteiger partial charge in [-0.3, -0.25) is 4.79 Å². The molecule has 1 saturated carbocycles. The summed E-state index contributed by atoms with van der Waals surface area (Å²) < 4.78 is 5.69. The number of carbonyl (C=O) groups excluding carboxylic acids is 1. The Morgan fingerprint density at radius 2 is 1.74 bits per heavy atom. The maximum Gasteiger partial charge on any atom is 0.228 e. The van der Waals surface area contributed by atoms with Crippen LogP contribution in [0.4, 0.5) is 11.4 Å². The van der Waals surface area contributed by atoms with Gasteiger partial charge in [0.1, 0.15) is 5.75 Å². The first kappa shape index (κ1) is 19.3. The Morgan fingerprint density at radius 1 is 1.04 bits per heavy atom. The number of hydrogen-bond donors (Lipinski definition) is 2. The third-order valence-corrected chi connectivity index (χ3v) is 4.78. The molecule has 1 amide bonds. The van der Waals surface area contributed by atoms with Crippen LogP contribution in [0.25, 0.3) is 0 Å². The fraction of sp³-hybridized carbons (Fsp3) is 0.435. The van der Waals surface area contributed by atoms with Crippen LogP contribution in [0.15, 0.2) is 48.5 Å². The monoisotopic (exact) mass is 366 g/mol. The summed E-state index contributed by atoms with van der Waals surface area (Å²) in [5, 5.41) is 6.57. The summed E-state index contributed by atoms with van der Waals surface area (Å²) in [6, 6.07) is 16.3. The van der Waals surface area contributed by atoms with Gasteiger partial charge >= 0.3 is 0 Å². The highest BCUT2D eigenvalue weighted by molar-refractivity contribution is 5.92. The van der Waals surface area contributed by atoms with Gasteiger partial charge < -0.3 is 15.4 Å². The van der Waals surface area contributed by atoms with Gasteiger partial charge in [-0.15, -0.1) is 0 Å². The van der Waals surface area contributed by atoms with Gasteiger partial charge in [-0.2, -0.15) is 0 Å². The molecule has 1 aliphatic rings. The van der Waals surface area contributed by atoms with E-state index in [2.05, 4.69) is 10.6 Å². The Morgan fingerprint density at radius 3 is 2.44 bits per heavy atom. The molecule has 0 bridgehead atoms. The minimum Gasteiger partial charge on any atom is -0.491 e. The van der Waals surface area contributed by atoms with Crippen LogP contribution < -0.4 is 15.4 Å². The molecule has 144 valence electrons. The number of nitrogens with one attached hydrogen (secondary N) is 2. The first-order valence-corrected chi connectivity index (χ1v) is 10.0. The van der Waals surface area contributed by atoms with E-state index in [4.69, 9.17) is 4.74 Å². The van der Waals surface area contributed by atoms with Crippen molar-refractivity contribution in [3.8, 4) is 5.75 Å². The van der Waals surface area contributed by atoms with Crippen molar-refractivity contribution in [2.75, 3.05) is 10.6 Å². The van der Waals surface area contributed by atoms with E-state index >= 15 is 0 Å². The fourth-order valence-electron chi connectivity index (χ4n) is 3.52. The Labute approximate surface area is 162 Å². The highest BCUT2D eigenvalue weighted by Crippen LogP contribution is 2.23. The molecule has 4 nitrogen and oxygen atoms in total. The maximum atomic E-state index is 12.3. The standard InChI is InChI=1S/C23H30N2O2/c1-17(2)27-22-10-6-7-18(15-22)16-23(26)25-21-13-11-20(12-14-21)24-19-8-4-3-5-9-19/h6-7,10-15,17,19,24H,3-5,8-9,16H2,1-2H3,(H,25,26). The Hall–Kier alpha value is -2.49. The van der Waals surface area contributed by atoms with Crippen LogP contribution in [0.1, 0.15) is 51.5 Å². The van der Waals surface area contributed by atoms with E-state index in [1.54, 1.807) is 0 Å². The molecule has 0 atom stereocenters. The summed E-state index contributed by atoms with van der Waals surface area (Å²) in [4.78, 5) is 12.3. The zero-order valence-corrected chi connectivity index (χ0v) is 16.3. The molecule has 0 heterocycles. The number of hydrogen-bond acceptors (Lipinski definition) is 3. The molecule has 0 unspecified atom stereocenters.